The van der Waals surface area contributed by atoms with E-state index in [1.165, 1.54) is 11.8 Å². The van der Waals surface area contributed by atoms with E-state index in [1.807, 2.05) is 35.8 Å². The maximum atomic E-state index is 12.1. The molecule has 0 radical (unpaired) electrons. The Morgan fingerprint density at radius 2 is 1.89 bits per heavy atom. The molecule has 9 heteroatoms. The Bertz CT molecular complexity index is 958. The first kappa shape index (κ1) is 19.1. The standard InChI is InChI=1S/C18H16BrN5O2S/c1-12-4-2-3-5-15(12)24-11-20-23-18(24)27-10-16(25)22-17(26)21-14-8-6-13(19)7-9-14/h2-9,11H,10H2,1H3,(H2,21,22,25,26). The summed E-state index contributed by atoms with van der Waals surface area (Å²) in [6.45, 7) is 1.99. The molecule has 0 saturated heterocycles. The summed E-state index contributed by atoms with van der Waals surface area (Å²) in [4.78, 5) is 24.0. The lowest BCUT2D eigenvalue weighted by molar-refractivity contribution is -0.117. The number of aryl methyl sites for hydroxylation is 1. The molecule has 0 atom stereocenters. The van der Waals surface area contributed by atoms with E-state index in [1.54, 1.807) is 30.6 Å². The first-order valence-electron chi connectivity index (χ1n) is 7.98. The number of rotatable bonds is 5. The molecule has 3 rings (SSSR count). The van der Waals surface area contributed by atoms with Gasteiger partial charge in [-0.25, -0.2) is 4.79 Å². The lowest BCUT2D eigenvalue weighted by Gasteiger charge is -2.09. The quantitative estimate of drug-likeness (QED) is 0.583. The van der Waals surface area contributed by atoms with Crippen LogP contribution in [0.15, 0.2) is 64.5 Å². The number of nitrogens with one attached hydrogen (secondary N) is 2. The average Bonchev–Trinajstić information content (AvgIpc) is 3.10. The third-order valence-electron chi connectivity index (χ3n) is 3.58. The molecule has 0 aliphatic carbocycles. The van der Waals surface area contributed by atoms with Crippen LogP contribution >= 0.6 is 27.7 Å². The molecular formula is C18H16BrN5O2S. The SMILES string of the molecule is Cc1ccccc1-n1cnnc1SCC(=O)NC(=O)Nc1ccc(Br)cc1. The molecule has 0 spiro atoms. The molecule has 2 aromatic carbocycles. The molecule has 3 amide bonds. The van der Waals surface area contributed by atoms with Crippen molar-refractivity contribution in [3.8, 4) is 5.69 Å². The smallest absolute Gasteiger partial charge is 0.308 e. The fourth-order valence-corrected chi connectivity index (χ4v) is 3.30. The zero-order valence-electron chi connectivity index (χ0n) is 14.3. The monoisotopic (exact) mass is 445 g/mol. The van der Waals surface area contributed by atoms with Gasteiger partial charge in [0.25, 0.3) is 0 Å². The summed E-state index contributed by atoms with van der Waals surface area (Å²) in [6, 6.07) is 14.3. The Hall–Kier alpha value is -2.65. The van der Waals surface area contributed by atoms with Gasteiger partial charge in [0.15, 0.2) is 5.16 Å². The van der Waals surface area contributed by atoms with Gasteiger partial charge < -0.3 is 5.32 Å². The number of carbonyl (C=O) groups excluding carboxylic acids is 2. The van der Waals surface area contributed by atoms with Crippen LogP contribution in [0.2, 0.25) is 0 Å². The Labute approximate surface area is 168 Å². The van der Waals surface area contributed by atoms with Gasteiger partial charge in [0.2, 0.25) is 5.91 Å². The van der Waals surface area contributed by atoms with Gasteiger partial charge in [0, 0.05) is 10.2 Å². The second kappa shape index (κ2) is 8.83. The molecule has 27 heavy (non-hydrogen) atoms. The average molecular weight is 446 g/mol. The van der Waals surface area contributed by atoms with Gasteiger partial charge >= 0.3 is 6.03 Å². The maximum absolute atomic E-state index is 12.1. The highest BCUT2D eigenvalue weighted by molar-refractivity contribution is 9.10. The van der Waals surface area contributed by atoms with Gasteiger partial charge in [-0.2, -0.15) is 0 Å². The molecule has 0 saturated carbocycles. The second-order valence-corrected chi connectivity index (χ2v) is 7.43. The zero-order chi connectivity index (χ0) is 19.2. The van der Waals surface area contributed by atoms with Gasteiger partial charge in [-0.05, 0) is 42.8 Å². The van der Waals surface area contributed by atoms with Gasteiger partial charge in [0.1, 0.15) is 6.33 Å². The van der Waals surface area contributed by atoms with Crippen molar-refractivity contribution in [2.45, 2.75) is 12.1 Å². The van der Waals surface area contributed by atoms with E-state index < -0.39 is 11.9 Å². The summed E-state index contributed by atoms with van der Waals surface area (Å²) >= 11 is 4.53. The number of halogens is 1. The highest BCUT2D eigenvalue weighted by Gasteiger charge is 2.13. The second-order valence-electron chi connectivity index (χ2n) is 5.57. The predicted molar refractivity (Wildman–Crippen MR) is 108 cm³/mol. The normalized spacial score (nSPS) is 10.4. The van der Waals surface area contributed by atoms with Crippen LogP contribution in [0.1, 0.15) is 5.56 Å². The van der Waals surface area contributed by atoms with Crippen molar-refractivity contribution in [1.29, 1.82) is 0 Å². The molecule has 0 aliphatic rings. The highest BCUT2D eigenvalue weighted by atomic mass is 79.9. The van der Waals surface area contributed by atoms with E-state index in [4.69, 9.17) is 0 Å². The molecule has 1 aromatic heterocycles. The molecule has 138 valence electrons. The summed E-state index contributed by atoms with van der Waals surface area (Å²) in [6.07, 6.45) is 1.60. The van der Waals surface area contributed by atoms with E-state index in [0.717, 1.165) is 15.7 Å². The van der Waals surface area contributed by atoms with Crippen LogP contribution in [0.25, 0.3) is 5.69 Å². The van der Waals surface area contributed by atoms with E-state index in [0.29, 0.717) is 10.8 Å². The van der Waals surface area contributed by atoms with Crippen LogP contribution in [0.4, 0.5) is 10.5 Å². The topological polar surface area (TPSA) is 88.9 Å². The van der Waals surface area contributed by atoms with Crippen molar-refractivity contribution >= 4 is 45.3 Å². The molecule has 1 heterocycles. The summed E-state index contributed by atoms with van der Waals surface area (Å²) in [7, 11) is 0. The van der Waals surface area contributed by atoms with Crippen molar-refractivity contribution in [3.63, 3.8) is 0 Å². The third kappa shape index (κ3) is 5.18. The molecule has 7 nitrogen and oxygen atoms in total. The van der Waals surface area contributed by atoms with Crippen LogP contribution in [0.3, 0.4) is 0 Å². The van der Waals surface area contributed by atoms with E-state index in [9.17, 15) is 9.59 Å². The number of aromatic nitrogens is 3. The van der Waals surface area contributed by atoms with Crippen molar-refractivity contribution < 1.29 is 9.59 Å². The Balaban J connectivity index is 1.55. The van der Waals surface area contributed by atoms with E-state index in [2.05, 4.69) is 36.8 Å². The number of nitrogens with zero attached hydrogens (tertiary/aromatic N) is 3. The fourth-order valence-electron chi connectivity index (χ4n) is 2.31. The minimum atomic E-state index is -0.580. The van der Waals surface area contributed by atoms with Crippen molar-refractivity contribution in [2.24, 2.45) is 0 Å². The summed E-state index contributed by atoms with van der Waals surface area (Å²) < 4.78 is 2.72. The molecule has 0 fully saturated rings. The van der Waals surface area contributed by atoms with Crippen molar-refractivity contribution in [1.82, 2.24) is 20.1 Å². The predicted octanol–water partition coefficient (Wildman–Crippen LogP) is 3.78. The molecule has 0 unspecified atom stereocenters. The van der Waals surface area contributed by atoms with Gasteiger partial charge in [-0.15, -0.1) is 10.2 Å². The number of thioether (sulfide) groups is 1. The Kier molecular flexibility index (Phi) is 6.25. The number of anilines is 1. The zero-order valence-corrected chi connectivity index (χ0v) is 16.8. The largest absolute Gasteiger partial charge is 0.325 e. The number of urea groups is 1. The Morgan fingerprint density at radius 1 is 1.15 bits per heavy atom. The fraction of sp³-hybridized carbons (Fsp3) is 0.111. The minimum Gasteiger partial charge on any atom is -0.308 e. The first-order valence-corrected chi connectivity index (χ1v) is 9.76. The number of para-hydroxylation sites is 1. The molecular weight excluding hydrogens is 430 g/mol. The number of hydrogen-bond donors (Lipinski definition) is 2. The van der Waals surface area contributed by atoms with Crippen molar-refractivity contribution in [3.05, 3.63) is 64.9 Å². The molecule has 2 N–H and O–H groups in total. The van der Waals surface area contributed by atoms with Crippen LogP contribution in [0, 0.1) is 6.92 Å². The van der Waals surface area contributed by atoms with Crippen LogP contribution < -0.4 is 10.6 Å². The number of benzene rings is 2. The van der Waals surface area contributed by atoms with Gasteiger partial charge in [-0.1, -0.05) is 45.9 Å². The number of amides is 3. The summed E-state index contributed by atoms with van der Waals surface area (Å²) in [5.41, 5.74) is 2.60. The molecule has 0 aliphatic heterocycles. The summed E-state index contributed by atoms with van der Waals surface area (Å²) in [5.74, 6) is -0.382. The lowest BCUT2D eigenvalue weighted by Crippen LogP contribution is -2.35. The van der Waals surface area contributed by atoms with Gasteiger partial charge in [-0.3, -0.25) is 14.7 Å². The van der Waals surface area contributed by atoms with Crippen LogP contribution in [-0.4, -0.2) is 32.5 Å². The minimum absolute atomic E-state index is 0.0400. The highest BCUT2D eigenvalue weighted by Crippen LogP contribution is 2.21. The van der Waals surface area contributed by atoms with E-state index >= 15 is 0 Å². The number of imide groups is 1. The maximum Gasteiger partial charge on any atom is 0.325 e. The first-order chi connectivity index (χ1) is 13.0. The van der Waals surface area contributed by atoms with Crippen LogP contribution in [0.5, 0.6) is 0 Å². The van der Waals surface area contributed by atoms with E-state index in [-0.39, 0.29) is 5.75 Å². The number of carbonyl (C=O) groups is 2. The van der Waals surface area contributed by atoms with Crippen LogP contribution in [-0.2, 0) is 4.79 Å². The van der Waals surface area contributed by atoms with Crippen molar-refractivity contribution in [2.75, 3.05) is 11.1 Å². The molecule has 0 bridgehead atoms. The summed E-state index contributed by atoms with van der Waals surface area (Å²) in [5, 5.41) is 13.4. The van der Waals surface area contributed by atoms with Gasteiger partial charge in [0.05, 0.1) is 11.4 Å². The third-order valence-corrected chi connectivity index (χ3v) is 5.05. The molecule has 3 aromatic rings. The Morgan fingerprint density at radius 3 is 2.63 bits per heavy atom. The lowest BCUT2D eigenvalue weighted by atomic mass is 10.2. The number of hydrogen-bond acceptors (Lipinski definition) is 5.